The smallest absolute Gasteiger partial charge is 0.382 e. The van der Waals surface area contributed by atoms with Crippen molar-refractivity contribution in [3.8, 4) is 0 Å². The third-order valence-corrected chi connectivity index (χ3v) is 5.11. The van der Waals surface area contributed by atoms with Crippen molar-refractivity contribution in [2.24, 2.45) is 16.7 Å². The van der Waals surface area contributed by atoms with Gasteiger partial charge in [0.05, 0.1) is 11.3 Å². The minimum absolute atomic E-state index is 0.122. The van der Waals surface area contributed by atoms with Gasteiger partial charge in [-0.05, 0) is 34.9 Å². The molecule has 0 amide bonds. The van der Waals surface area contributed by atoms with Crippen LogP contribution >= 0.6 is 0 Å². The van der Waals surface area contributed by atoms with Crippen molar-refractivity contribution in [3.05, 3.63) is 29.6 Å². The average molecular weight is 289 g/mol. The molecule has 20 heavy (non-hydrogen) atoms. The highest BCUT2D eigenvalue weighted by atomic mass is 19.4. The zero-order valence-electron chi connectivity index (χ0n) is 12.0. The fraction of sp³-hybridized carbons (Fsp3) is 0.600. The summed E-state index contributed by atoms with van der Waals surface area (Å²) in [7, 11) is 0. The average Bonchev–Trinajstić information content (AvgIpc) is 2.67. The number of halogens is 4. The number of anilines is 1. The number of hydrogen-bond acceptors (Lipinski definition) is 1. The molecule has 1 aliphatic rings. The molecule has 1 aromatic carbocycles. The van der Waals surface area contributed by atoms with Gasteiger partial charge in [0.15, 0.2) is 0 Å². The molecule has 0 saturated heterocycles. The van der Waals surface area contributed by atoms with Crippen LogP contribution in [0, 0.1) is 22.6 Å². The van der Waals surface area contributed by atoms with E-state index in [2.05, 4.69) is 33.0 Å². The van der Waals surface area contributed by atoms with E-state index in [0.29, 0.717) is 18.5 Å². The van der Waals surface area contributed by atoms with Crippen molar-refractivity contribution in [2.45, 2.75) is 33.9 Å². The first-order valence-electron chi connectivity index (χ1n) is 6.58. The van der Waals surface area contributed by atoms with Crippen LogP contribution in [-0.2, 0) is 6.18 Å². The molecule has 0 atom stereocenters. The van der Waals surface area contributed by atoms with Crippen molar-refractivity contribution in [2.75, 3.05) is 11.9 Å². The summed E-state index contributed by atoms with van der Waals surface area (Å²) in [4.78, 5) is 0. The Hall–Kier alpha value is -1.26. The molecule has 5 heteroatoms. The van der Waals surface area contributed by atoms with Gasteiger partial charge in [0.25, 0.3) is 0 Å². The summed E-state index contributed by atoms with van der Waals surface area (Å²) in [6.07, 6.45) is -4.51. The van der Waals surface area contributed by atoms with Gasteiger partial charge in [0, 0.05) is 6.54 Å². The van der Waals surface area contributed by atoms with Crippen LogP contribution in [0.25, 0.3) is 0 Å². The Bertz CT molecular complexity index is 503. The molecular weight excluding hydrogens is 270 g/mol. The highest BCUT2D eigenvalue weighted by molar-refractivity contribution is 5.47. The Morgan fingerprint density at radius 3 is 2.05 bits per heavy atom. The van der Waals surface area contributed by atoms with E-state index < -0.39 is 17.6 Å². The topological polar surface area (TPSA) is 12.0 Å². The lowest BCUT2D eigenvalue weighted by Crippen LogP contribution is -2.11. The first-order chi connectivity index (χ1) is 8.98. The van der Waals surface area contributed by atoms with E-state index in [4.69, 9.17) is 0 Å². The number of nitrogens with one attached hydrogen (secondary N) is 1. The predicted molar refractivity (Wildman–Crippen MR) is 70.9 cm³/mol. The Balaban J connectivity index is 2.06. The predicted octanol–water partition coefficient (Wildman–Crippen LogP) is 4.94. The van der Waals surface area contributed by atoms with E-state index in [9.17, 15) is 17.6 Å². The highest BCUT2D eigenvalue weighted by Gasteiger charge is 2.64. The quantitative estimate of drug-likeness (QED) is 0.777. The molecule has 1 fully saturated rings. The van der Waals surface area contributed by atoms with E-state index in [1.807, 2.05) is 0 Å². The van der Waals surface area contributed by atoms with Gasteiger partial charge in [-0.3, -0.25) is 0 Å². The zero-order chi connectivity index (χ0) is 15.3. The van der Waals surface area contributed by atoms with E-state index in [1.54, 1.807) is 0 Å². The number of hydrogen-bond donors (Lipinski definition) is 1. The highest BCUT2D eigenvalue weighted by Crippen LogP contribution is 2.68. The first-order valence-corrected chi connectivity index (χ1v) is 6.58. The van der Waals surface area contributed by atoms with Crippen LogP contribution in [0.5, 0.6) is 0 Å². The molecule has 1 aliphatic carbocycles. The lowest BCUT2D eigenvalue weighted by Gasteiger charge is -2.11. The zero-order valence-corrected chi connectivity index (χ0v) is 12.0. The van der Waals surface area contributed by atoms with Gasteiger partial charge >= 0.3 is 6.18 Å². The molecule has 2 rings (SSSR count). The lowest BCUT2D eigenvalue weighted by molar-refractivity contribution is -0.137. The van der Waals surface area contributed by atoms with Gasteiger partial charge in [-0.2, -0.15) is 13.2 Å². The van der Waals surface area contributed by atoms with Gasteiger partial charge < -0.3 is 5.32 Å². The maximum absolute atomic E-state index is 13.7. The van der Waals surface area contributed by atoms with E-state index in [-0.39, 0.29) is 16.5 Å². The Labute approximate surface area is 116 Å². The Morgan fingerprint density at radius 1 is 1.10 bits per heavy atom. The van der Waals surface area contributed by atoms with Gasteiger partial charge in [0.1, 0.15) is 5.82 Å². The van der Waals surface area contributed by atoms with Crippen LogP contribution in [0.1, 0.15) is 33.3 Å². The molecule has 1 aromatic rings. The lowest BCUT2D eigenvalue weighted by atomic mass is 10.0. The van der Waals surface area contributed by atoms with Crippen molar-refractivity contribution in [1.29, 1.82) is 0 Å². The number of rotatable bonds is 3. The van der Waals surface area contributed by atoms with Crippen LogP contribution in [0.4, 0.5) is 23.2 Å². The summed E-state index contributed by atoms with van der Waals surface area (Å²) in [5, 5.41) is 2.92. The minimum atomic E-state index is -4.51. The second-order valence-electron chi connectivity index (χ2n) is 6.57. The summed E-state index contributed by atoms with van der Waals surface area (Å²) >= 11 is 0. The van der Waals surface area contributed by atoms with E-state index >= 15 is 0 Å². The number of benzene rings is 1. The summed E-state index contributed by atoms with van der Waals surface area (Å²) in [5.41, 5.74) is -0.533. The Kier molecular flexibility index (Phi) is 3.30. The molecule has 1 N–H and O–H groups in total. The van der Waals surface area contributed by atoms with Crippen LogP contribution in [0.3, 0.4) is 0 Å². The molecule has 0 aliphatic heterocycles. The SMILES string of the molecule is CC1(C)C(CNc2ccc(C(F)(F)F)cc2F)C1(C)C. The largest absolute Gasteiger partial charge is 0.416 e. The standard InChI is InChI=1S/C15H19F4N/c1-13(2)12(14(13,3)4)8-20-11-6-5-9(7-10(11)16)15(17,18)19/h5-7,12,20H,8H2,1-4H3. The molecule has 0 spiro atoms. The van der Waals surface area contributed by atoms with Crippen molar-refractivity contribution in [3.63, 3.8) is 0 Å². The first kappa shape index (κ1) is 15.1. The van der Waals surface area contributed by atoms with Crippen LogP contribution < -0.4 is 5.32 Å². The third-order valence-electron chi connectivity index (χ3n) is 5.11. The van der Waals surface area contributed by atoms with Crippen molar-refractivity contribution < 1.29 is 17.6 Å². The molecule has 112 valence electrons. The van der Waals surface area contributed by atoms with Gasteiger partial charge in [0.2, 0.25) is 0 Å². The maximum Gasteiger partial charge on any atom is 0.416 e. The minimum Gasteiger partial charge on any atom is -0.382 e. The van der Waals surface area contributed by atoms with Crippen molar-refractivity contribution >= 4 is 5.69 Å². The second kappa shape index (κ2) is 4.37. The fourth-order valence-electron chi connectivity index (χ4n) is 2.89. The number of alkyl halides is 3. The maximum atomic E-state index is 13.7. The van der Waals surface area contributed by atoms with Crippen LogP contribution in [-0.4, -0.2) is 6.54 Å². The summed E-state index contributed by atoms with van der Waals surface area (Å²) < 4.78 is 51.0. The fourth-order valence-corrected chi connectivity index (χ4v) is 2.89. The molecule has 0 radical (unpaired) electrons. The van der Waals surface area contributed by atoms with Crippen LogP contribution in [0.15, 0.2) is 18.2 Å². The monoisotopic (exact) mass is 289 g/mol. The third kappa shape index (κ3) is 2.38. The summed E-state index contributed by atoms with van der Waals surface area (Å²) in [5.74, 6) is -0.493. The molecular formula is C15H19F4N. The molecule has 0 aromatic heterocycles. The van der Waals surface area contributed by atoms with E-state index in [1.165, 1.54) is 0 Å². The van der Waals surface area contributed by atoms with Gasteiger partial charge in [-0.15, -0.1) is 0 Å². The molecule has 0 unspecified atom stereocenters. The summed E-state index contributed by atoms with van der Waals surface area (Å²) in [6.45, 7) is 9.12. The normalized spacial score (nSPS) is 20.8. The molecule has 1 saturated carbocycles. The Morgan fingerprint density at radius 2 is 1.65 bits per heavy atom. The van der Waals surface area contributed by atoms with Gasteiger partial charge in [-0.1, -0.05) is 27.7 Å². The van der Waals surface area contributed by atoms with Crippen LogP contribution in [0.2, 0.25) is 0 Å². The summed E-state index contributed by atoms with van der Waals surface area (Å²) in [6, 6.07) is 2.58. The second-order valence-corrected chi connectivity index (χ2v) is 6.57. The molecule has 1 nitrogen and oxygen atoms in total. The van der Waals surface area contributed by atoms with E-state index in [0.717, 1.165) is 12.1 Å². The van der Waals surface area contributed by atoms with Crippen molar-refractivity contribution in [1.82, 2.24) is 0 Å². The molecule has 0 heterocycles. The molecule has 0 bridgehead atoms. The van der Waals surface area contributed by atoms with Gasteiger partial charge in [-0.25, -0.2) is 4.39 Å².